The molecule has 2 aromatic rings. The normalized spacial score (nSPS) is 10.7. The highest BCUT2D eigenvalue weighted by Crippen LogP contribution is 2.14. The fourth-order valence-electron chi connectivity index (χ4n) is 1.30. The van der Waals surface area contributed by atoms with Crippen molar-refractivity contribution in [2.45, 2.75) is 12.3 Å². The van der Waals surface area contributed by atoms with Gasteiger partial charge >= 0.3 is 0 Å². The van der Waals surface area contributed by atoms with Gasteiger partial charge < -0.3 is 0 Å². The van der Waals surface area contributed by atoms with Crippen LogP contribution in [0.1, 0.15) is 17.4 Å². The second kappa shape index (κ2) is 3.49. The van der Waals surface area contributed by atoms with Gasteiger partial charge in [0.25, 0.3) is 0 Å². The third-order valence-electron chi connectivity index (χ3n) is 1.95. The molecule has 2 rings (SSSR count). The Morgan fingerprint density at radius 1 is 1.57 bits per heavy atom. The topological polar surface area (TPSA) is 47.8 Å². The first kappa shape index (κ1) is 9.33. The number of hydrogen-bond acceptors (Lipinski definition) is 3. The van der Waals surface area contributed by atoms with E-state index in [9.17, 15) is 4.79 Å². The van der Waals surface area contributed by atoms with Gasteiger partial charge in [-0.2, -0.15) is 9.78 Å². The van der Waals surface area contributed by atoms with E-state index in [-0.39, 0.29) is 5.91 Å². The number of nitrogens with zero attached hydrogens (tertiary/aromatic N) is 3. The van der Waals surface area contributed by atoms with Crippen LogP contribution in [0, 0.1) is 0 Å². The van der Waals surface area contributed by atoms with Gasteiger partial charge in [-0.25, -0.2) is 0 Å². The Labute approximate surface area is 89.1 Å². The molecule has 0 bridgehead atoms. The average Bonchev–Trinajstić information content (AvgIpc) is 2.59. The quantitative estimate of drug-likeness (QED) is 0.731. The van der Waals surface area contributed by atoms with Crippen LogP contribution in [-0.2, 0) is 5.33 Å². The summed E-state index contributed by atoms with van der Waals surface area (Å²) in [6.45, 7) is 1.48. The zero-order valence-corrected chi connectivity index (χ0v) is 9.15. The molecule has 2 aromatic heterocycles. The van der Waals surface area contributed by atoms with Crippen LogP contribution in [0.3, 0.4) is 0 Å². The summed E-state index contributed by atoms with van der Waals surface area (Å²) in [7, 11) is 0. The molecule has 0 saturated carbocycles. The summed E-state index contributed by atoms with van der Waals surface area (Å²) in [6, 6.07) is 1.91. The Hall–Kier alpha value is -1.23. The molecule has 0 spiro atoms. The first-order valence-electron chi connectivity index (χ1n) is 4.12. The highest BCUT2D eigenvalue weighted by Gasteiger charge is 2.06. The number of halogens is 1. The van der Waals surface area contributed by atoms with Crippen molar-refractivity contribution < 1.29 is 4.79 Å². The van der Waals surface area contributed by atoms with Crippen molar-refractivity contribution in [2.24, 2.45) is 0 Å². The zero-order chi connectivity index (χ0) is 10.1. The Balaban J connectivity index is 2.65. The number of alkyl halides is 1. The molecular formula is C9H8BrN3O. The Bertz CT molecular complexity index is 492. The molecule has 0 aliphatic rings. The van der Waals surface area contributed by atoms with Gasteiger partial charge in [0.15, 0.2) is 0 Å². The molecular weight excluding hydrogens is 246 g/mol. The van der Waals surface area contributed by atoms with E-state index in [0.717, 1.165) is 16.6 Å². The van der Waals surface area contributed by atoms with Gasteiger partial charge in [-0.1, -0.05) is 15.9 Å². The van der Waals surface area contributed by atoms with E-state index in [4.69, 9.17) is 0 Å². The van der Waals surface area contributed by atoms with Crippen LogP contribution < -0.4 is 0 Å². The number of pyridine rings is 1. The van der Waals surface area contributed by atoms with Crippen molar-refractivity contribution in [1.82, 2.24) is 14.8 Å². The summed E-state index contributed by atoms with van der Waals surface area (Å²) < 4.78 is 1.35. The van der Waals surface area contributed by atoms with Gasteiger partial charge in [-0.05, 0) is 6.07 Å². The number of fused-ring (bicyclic) bond motifs is 1. The van der Waals surface area contributed by atoms with Crippen LogP contribution >= 0.6 is 15.9 Å². The standard InChI is InChI=1S/C9H8BrN3O/c1-6(14)13-9-5-11-8(3-10)2-7(9)4-12-13/h2,4-5H,3H2,1H3. The number of hydrogen-bond donors (Lipinski definition) is 0. The molecule has 4 nitrogen and oxygen atoms in total. The second-order valence-corrected chi connectivity index (χ2v) is 3.50. The van der Waals surface area contributed by atoms with Gasteiger partial charge in [0, 0.05) is 17.6 Å². The average molecular weight is 254 g/mol. The minimum Gasteiger partial charge on any atom is -0.273 e. The molecule has 0 aliphatic carbocycles. The SMILES string of the molecule is CC(=O)n1ncc2cc(CBr)ncc21. The maximum atomic E-state index is 11.1. The number of carbonyl (C=O) groups excluding carboxylic acids is 1. The lowest BCUT2D eigenvalue weighted by atomic mass is 10.3. The van der Waals surface area contributed by atoms with E-state index in [0.29, 0.717) is 5.33 Å². The molecule has 14 heavy (non-hydrogen) atoms. The maximum absolute atomic E-state index is 11.1. The van der Waals surface area contributed by atoms with Crippen LogP contribution in [0.2, 0.25) is 0 Å². The maximum Gasteiger partial charge on any atom is 0.244 e. The molecule has 0 atom stereocenters. The largest absolute Gasteiger partial charge is 0.273 e. The van der Waals surface area contributed by atoms with Crippen molar-refractivity contribution in [3.63, 3.8) is 0 Å². The van der Waals surface area contributed by atoms with E-state index in [1.807, 2.05) is 6.07 Å². The third kappa shape index (κ3) is 1.43. The molecule has 72 valence electrons. The van der Waals surface area contributed by atoms with Gasteiger partial charge in [-0.15, -0.1) is 0 Å². The molecule has 0 fully saturated rings. The molecule has 0 aromatic carbocycles. The number of rotatable bonds is 1. The van der Waals surface area contributed by atoms with Crippen molar-refractivity contribution in [2.75, 3.05) is 0 Å². The molecule has 0 radical (unpaired) electrons. The summed E-state index contributed by atoms with van der Waals surface area (Å²) in [5.74, 6) is -0.103. The Kier molecular flexibility index (Phi) is 2.33. The lowest BCUT2D eigenvalue weighted by molar-refractivity contribution is 0.0926. The van der Waals surface area contributed by atoms with Gasteiger partial charge in [0.05, 0.1) is 23.6 Å². The van der Waals surface area contributed by atoms with Crippen molar-refractivity contribution in [1.29, 1.82) is 0 Å². The first-order chi connectivity index (χ1) is 6.72. The highest BCUT2D eigenvalue weighted by molar-refractivity contribution is 9.08. The van der Waals surface area contributed by atoms with Crippen molar-refractivity contribution in [3.8, 4) is 0 Å². The van der Waals surface area contributed by atoms with Crippen LogP contribution in [0.4, 0.5) is 0 Å². The minimum atomic E-state index is -0.103. The van der Waals surface area contributed by atoms with Crippen LogP contribution in [0.25, 0.3) is 10.9 Å². The Morgan fingerprint density at radius 3 is 3.00 bits per heavy atom. The van der Waals surface area contributed by atoms with Gasteiger partial charge in [-0.3, -0.25) is 9.78 Å². The summed E-state index contributed by atoms with van der Waals surface area (Å²) in [4.78, 5) is 15.3. The molecule has 2 heterocycles. The summed E-state index contributed by atoms with van der Waals surface area (Å²) in [5.41, 5.74) is 1.68. The van der Waals surface area contributed by atoms with E-state index in [1.165, 1.54) is 11.6 Å². The molecule has 0 amide bonds. The smallest absolute Gasteiger partial charge is 0.244 e. The molecule has 5 heteroatoms. The molecule has 0 saturated heterocycles. The van der Waals surface area contributed by atoms with Crippen LogP contribution in [0.5, 0.6) is 0 Å². The second-order valence-electron chi connectivity index (χ2n) is 2.94. The van der Waals surface area contributed by atoms with E-state index in [2.05, 4.69) is 26.0 Å². The Morgan fingerprint density at radius 2 is 2.36 bits per heavy atom. The predicted molar refractivity (Wildman–Crippen MR) is 56.5 cm³/mol. The predicted octanol–water partition coefficient (Wildman–Crippen LogP) is 1.99. The van der Waals surface area contributed by atoms with Crippen molar-refractivity contribution in [3.05, 3.63) is 24.2 Å². The summed E-state index contributed by atoms with van der Waals surface area (Å²) in [6.07, 6.45) is 3.34. The highest BCUT2D eigenvalue weighted by atomic mass is 79.9. The molecule has 0 aliphatic heterocycles. The number of carbonyl (C=O) groups is 1. The van der Waals surface area contributed by atoms with Crippen molar-refractivity contribution >= 4 is 32.7 Å². The van der Waals surface area contributed by atoms with E-state index < -0.39 is 0 Å². The van der Waals surface area contributed by atoms with Gasteiger partial charge in [0.2, 0.25) is 5.91 Å². The van der Waals surface area contributed by atoms with E-state index in [1.54, 1.807) is 12.4 Å². The minimum absolute atomic E-state index is 0.103. The lowest BCUT2D eigenvalue weighted by Crippen LogP contribution is -2.06. The summed E-state index contributed by atoms with van der Waals surface area (Å²) >= 11 is 3.32. The van der Waals surface area contributed by atoms with E-state index >= 15 is 0 Å². The zero-order valence-electron chi connectivity index (χ0n) is 7.57. The van der Waals surface area contributed by atoms with Crippen LogP contribution in [-0.4, -0.2) is 20.7 Å². The lowest BCUT2D eigenvalue weighted by Gasteiger charge is -1.97. The monoisotopic (exact) mass is 253 g/mol. The van der Waals surface area contributed by atoms with Gasteiger partial charge in [0.1, 0.15) is 0 Å². The fraction of sp³-hybridized carbons (Fsp3) is 0.222. The summed E-state index contributed by atoms with van der Waals surface area (Å²) in [5, 5.41) is 5.62. The first-order valence-corrected chi connectivity index (χ1v) is 5.24. The number of aromatic nitrogens is 3. The molecule has 0 N–H and O–H groups in total. The van der Waals surface area contributed by atoms with Crippen LogP contribution in [0.15, 0.2) is 18.5 Å². The molecule has 0 unspecified atom stereocenters. The fourth-order valence-corrected chi connectivity index (χ4v) is 1.60. The third-order valence-corrected chi connectivity index (χ3v) is 2.52.